The fourth-order valence-corrected chi connectivity index (χ4v) is 3.41. The van der Waals surface area contributed by atoms with Crippen LogP contribution in [-0.2, 0) is 6.54 Å². The molecule has 0 spiro atoms. The van der Waals surface area contributed by atoms with Gasteiger partial charge in [0, 0.05) is 29.2 Å². The highest BCUT2D eigenvalue weighted by Crippen LogP contribution is 2.35. The molecular formula is C18H23ClN2. The standard InChI is InChI=1S/C18H23ClN2/c1-18(2)9-7-14(8-10-18)21-12-13-5-6-16(19)15-4-3-11-20-17(13)15/h3-6,11,14,21H,7-10,12H2,1-2H3. The molecule has 112 valence electrons. The first-order valence-electron chi connectivity index (χ1n) is 7.81. The highest BCUT2D eigenvalue weighted by atomic mass is 35.5. The smallest absolute Gasteiger partial charge is 0.0761 e. The van der Waals surface area contributed by atoms with Crippen LogP contribution in [0.2, 0.25) is 5.02 Å². The molecule has 1 aromatic carbocycles. The average Bonchev–Trinajstić information content (AvgIpc) is 2.48. The van der Waals surface area contributed by atoms with Crippen LogP contribution in [0.25, 0.3) is 10.9 Å². The summed E-state index contributed by atoms with van der Waals surface area (Å²) in [5.74, 6) is 0. The summed E-state index contributed by atoms with van der Waals surface area (Å²) in [6.07, 6.45) is 7.00. The number of aromatic nitrogens is 1. The van der Waals surface area contributed by atoms with E-state index in [0.29, 0.717) is 11.5 Å². The van der Waals surface area contributed by atoms with Crippen molar-refractivity contribution in [3.8, 4) is 0 Å². The number of hydrogen-bond acceptors (Lipinski definition) is 2. The Morgan fingerprint density at radius 2 is 2.00 bits per heavy atom. The lowest BCUT2D eigenvalue weighted by Crippen LogP contribution is -2.35. The van der Waals surface area contributed by atoms with E-state index in [1.165, 1.54) is 31.2 Å². The second-order valence-corrected chi connectivity index (χ2v) is 7.33. The third kappa shape index (κ3) is 3.38. The highest BCUT2D eigenvalue weighted by molar-refractivity contribution is 6.35. The van der Waals surface area contributed by atoms with Crippen molar-refractivity contribution in [1.82, 2.24) is 10.3 Å². The second kappa shape index (κ2) is 5.94. The maximum atomic E-state index is 6.25. The van der Waals surface area contributed by atoms with Gasteiger partial charge in [0.25, 0.3) is 0 Å². The Kier molecular flexibility index (Phi) is 4.19. The van der Waals surface area contributed by atoms with Gasteiger partial charge in [-0.1, -0.05) is 31.5 Å². The number of fused-ring (bicyclic) bond motifs is 1. The fourth-order valence-electron chi connectivity index (χ4n) is 3.20. The molecule has 0 saturated heterocycles. The number of halogens is 1. The van der Waals surface area contributed by atoms with Crippen LogP contribution >= 0.6 is 11.6 Å². The number of pyridine rings is 1. The van der Waals surface area contributed by atoms with E-state index in [1.807, 2.05) is 24.4 Å². The van der Waals surface area contributed by atoms with Gasteiger partial charge in [-0.2, -0.15) is 0 Å². The monoisotopic (exact) mass is 302 g/mol. The van der Waals surface area contributed by atoms with Gasteiger partial charge in [-0.05, 0) is 54.9 Å². The molecule has 1 heterocycles. The summed E-state index contributed by atoms with van der Waals surface area (Å²) < 4.78 is 0. The minimum absolute atomic E-state index is 0.521. The van der Waals surface area contributed by atoms with E-state index in [9.17, 15) is 0 Å². The van der Waals surface area contributed by atoms with Crippen molar-refractivity contribution in [1.29, 1.82) is 0 Å². The minimum Gasteiger partial charge on any atom is -0.310 e. The summed E-state index contributed by atoms with van der Waals surface area (Å²) >= 11 is 6.25. The predicted molar refractivity (Wildman–Crippen MR) is 89.6 cm³/mol. The number of nitrogens with zero attached hydrogens (tertiary/aromatic N) is 1. The average molecular weight is 303 g/mol. The van der Waals surface area contributed by atoms with Crippen LogP contribution in [0.4, 0.5) is 0 Å². The van der Waals surface area contributed by atoms with E-state index in [-0.39, 0.29) is 0 Å². The second-order valence-electron chi connectivity index (χ2n) is 6.93. The third-order valence-electron chi connectivity index (χ3n) is 4.72. The lowest BCUT2D eigenvalue weighted by Gasteiger charge is -2.34. The van der Waals surface area contributed by atoms with Gasteiger partial charge in [0.2, 0.25) is 0 Å². The summed E-state index contributed by atoms with van der Waals surface area (Å²) in [5.41, 5.74) is 2.78. The van der Waals surface area contributed by atoms with E-state index in [2.05, 4.69) is 30.2 Å². The van der Waals surface area contributed by atoms with Crippen LogP contribution in [0.15, 0.2) is 30.5 Å². The first-order valence-corrected chi connectivity index (χ1v) is 8.18. The summed E-state index contributed by atoms with van der Waals surface area (Å²) in [6.45, 7) is 5.62. The molecule has 3 heteroatoms. The molecule has 3 rings (SSSR count). The van der Waals surface area contributed by atoms with Gasteiger partial charge in [-0.25, -0.2) is 0 Å². The van der Waals surface area contributed by atoms with Crippen molar-refractivity contribution in [3.05, 3.63) is 41.0 Å². The van der Waals surface area contributed by atoms with Gasteiger partial charge in [-0.15, -0.1) is 0 Å². The van der Waals surface area contributed by atoms with Crippen molar-refractivity contribution >= 4 is 22.5 Å². The molecule has 1 N–H and O–H groups in total. The molecule has 0 bridgehead atoms. The number of rotatable bonds is 3. The van der Waals surface area contributed by atoms with Crippen LogP contribution in [0.1, 0.15) is 45.1 Å². The first kappa shape index (κ1) is 14.8. The van der Waals surface area contributed by atoms with Crippen LogP contribution in [0.3, 0.4) is 0 Å². The van der Waals surface area contributed by atoms with Gasteiger partial charge in [0.15, 0.2) is 0 Å². The van der Waals surface area contributed by atoms with Gasteiger partial charge in [0.1, 0.15) is 0 Å². The largest absolute Gasteiger partial charge is 0.310 e. The molecule has 0 aliphatic heterocycles. The van der Waals surface area contributed by atoms with Crippen LogP contribution in [0.5, 0.6) is 0 Å². The SMILES string of the molecule is CC1(C)CCC(NCc2ccc(Cl)c3cccnc23)CC1. The minimum atomic E-state index is 0.521. The fraction of sp³-hybridized carbons (Fsp3) is 0.500. The molecule has 1 aliphatic rings. The Balaban J connectivity index is 1.70. The van der Waals surface area contributed by atoms with Gasteiger partial charge >= 0.3 is 0 Å². The molecule has 1 aromatic heterocycles. The van der Waals surface area contributed by atoms with E-state index < -0.39 is 0 Å². The number of benzene rings is 1. The Labute approximate surface area is 131 Å². The van der Waals surface area contributed by atoms with E-state index >= 15 is 0 Å². The van der Waals surface area contributed by atoms with Crippen molar-refractivity contribution in [3.63, 3.8) is 0 Å². The van der Waals surface area contributed by atoms with E-state index in [1.54, 1.807) is 0 Å². The van der Waals surface area contributed by atoms with Crippen LogP contribution in [-0.4, -0.2) is 11.0 Å². The van der Waals surface area contributed by atoms with Crippen molar-refractivity contribution in [2.75, 3.05) is 0 Å². The molecule has 21 heavy (non-hydrogen) atoms. The Morgan fingerprint density at radius 1 is 1.24 bits per heavy atom. The van der Waals surface area contributed by atoms with Crippen LogP contribution < -0.4 is 5.32 Å². The zero-order chi connectivity index (χ0) is 14.9. The Hall–Kier alpha value is -1.12. The van der Waals surface area contributed by atoms with Gasteiger partial charge in [-0.3, -0.25) is 4.98 Å². The molecule has 1 fully saturated rings. The summed E-state index contributed by atoms with van der Waals surface area (Å²) in [7, 11) is 0. The van der Waals surface area contributed by atoms with Crippen molar-refractivity contribution in [2.24, 2.45) is 5.41 Å². The maximum Gasteiger partial charge on any atom is 0.0761 e. The zero-order valence-corrected chi connectivity index (χ0v) is 13.6. The molecule has 0 unspecified atom stereocenters. The maximum absolute atomic E-state index is 6.25. The molecule has 2 nitrogen and oxygen atoms in total. The molecule has 1 saturated carbocycles. The zero-order valence-electron chi connectivity index (χ0n) is 12.8. The summed E-state index contributed by atoms with van der Waals surface area (Å²) in [5, 5.41) is 5.53. The van der Waals surface area contributed by atoms with Crippen molar-refractivity contribution < 1.29 is 0 Å². The highest BCUT2D eigenvalue weighted by Gasteiger charge is 2.26. The lowest BCUT2D eigenvalue weighted by molar-refractivity contribution is 0.206. The molecule has 0 atom stereocenters. The molecule has 2 aromatic rings. The molecular weight excluding hydrogens is 280 g/mol. The van der Waals surface area contributed by atoms with E-state index in [0.717, 1.165) is 22.5 Å². The number of hydrogen-bond donors (Lipinski definition) is 1. The van der Waals surface area contributed by atoms with Gasteiger partial charge in [0.05, 0.1) is 5.52 Å². The molecule has 1 aliphatic carbocycles. The lowest BCUT2D eigenvalue weighted by atomic mass is 9.75. The van der Waals surface area contributed by atoms with E-state index in [4.69, 9.17) is 11.6 Å². The molecule has 0 radical (unpaired) electrons. The third-order valence-corrected chi connectivity index (χ3v) is 5.05. The number of nitrogens with one attached hydrogen (secondary N) is 1. The quantitative estimate of drug-likeness (QED) is 0.868. The van der Waals surface area contributed by atoms with Gasteiger partial charge < -0.3 is 5.32 Å². The summed E-state index contributed by atoms with van der Waals surface area (Å²) in [6, 6.07) is 8.68. The predicted octanol–water partition coefficient (Wildman–Crippen LogP) is 4.95. The Morgan fingerprint density at radius 3 is 2.76 bits per heavy atom. The normalized spacial score (nSPS) is 19.0. The van der Waals surface area contributed by atoms with Crippen molar-refractivity contribution in [2.45, 2.75) is 52.1 Å². The topological polar surface area (TPSA) is 24.9 Å². The first-order chi connectivity index (χ1) is 10.1. The Bertz CT molecular complexity index is 626. The van der Waals surface area contributed by atoms with Crippen LogP contribution in [0, 0.1) is 5.41 Å². The molecule has 0 amide bonds. The summed E-state index contributed by atoms with van der Waals surface area (Å²) in [4.78, 5) is 4.50.